The van der Waals surface area contributed by atoms with Crippen LogP contribution < -0.4 is 4.74 Å². The van der Waals surface area contributed by atoms with Crippen LogP contribution in [0.2, 0.25) is 0 Å². The summed E-state index contributed by atoms with van der Waals surface area (Å²) in [5.41, 5.74) is 0. The summed E-state index contributed by atoms with van der Waals surface area (Å²) < 4.78 is 29.3. The van der Waals surface area contributed by atoms with Crippen LogP contribution in [-0.2, 0) is 19.6 Å². The summed E-state index contributed by atoms with van der Waals surface area (Å²) in [5, 5.41) is 19.1. The van der Waals surface area contributed by atoms with Crippen molar-refractivity contribution in [2.24, 2.45) is 0 Å². The second-order valence-corrected chi connectivity index (χ2v) is 7.66. The average Bonchev–Trinajstić information content (AvgIpc) is 2.64. The third kappa shape index (κ3) is 4.17. The Hall–Kier alpha value is -1.97. The van der Waals surface area contributed by atoms with Crippen LogP contribution in [0.3, 0.4) is 0 Å². The Kier molecular flexibility index (Phi) is 6.51. The van der Waals surface area contributed by atoms with Crippen LogP contribution in [0.1, 0.15) is 0 Å². The number of aliphatic hydroxyl groups is 2. The van der Waals surface area contributed by atoms with Crippen molar-refractivity contribution in [1.82, 2.24) is 0 Å². The van der Waals surface area contributed by atoms with Gasteiger partial charge in [-0.2, -0.15) is 0 Å². The number of ether oxygens (including phenoxy) is 1. The van der Waals surface area contributed by atoms with E-state index in [4.69, 9.17) is 4.74 Å². The molecule has 2 aromatic carbocycles. The van der Waals surface area contributed by atoms with Gasteiger partial charge in [0.1, 0.15) is 22.9 Å². The molecule has 0 radical (unpaired) electrons. The number of hydrogen-bond acceptors (Lipinski definition) is 7. The fraction of sp³-hybridized carbons (Fsp3) is 0.294. The predicted molar refractivity (Wildman–Crippen MR) is 90.0 cm³/mol. The molecule has 2 rings (SSSR count). The molecule has 0 saturated heterocycles. The first-order chi connectivity index (χ1) is 12.0. The quantitative estimate of drug-likeness (QED) is 0.511. The molecule has 0 spiro atoms. The lowest BCUT2D eigenvalue weighted by Crippen LogP contribution is -2.50. The Morgan fingerprint density at radius 2 is 1.48 bits per heavy atom. The normalized spacial score (nSPS) is 12.1. The largest absolute Gasteiger partial charge is 0.457 e. The highest BCUT2D eigenvalue weighted by Gasteiger charge is 2.45. The zero-order valence-electron chi connectivity index (χ0n) is 13.7. The maximum absolute atomic E-state index is 12.8. The fourth-order valence-corrected chi connectivity index (χ4v) is 3.65. The first-order valence-electron chi connectivity index (χ1n) is 7.44. The topological polar surface area (TPSA) is 102 Å². The van der Waals surface area contributed by atoms with Gasteiger partial charge in [0.2, 0.25) is 0 Å². The summed E-state index contributed by atoms with van der Waals surface area (Å²) in [5.74, 6) is 1.07. The lowest BCUT2D eigenvalue weighted by Gasteiger charge is -2.28. The van der Waals surface area contributed by atoms with Crippen LogP contribution in [0.25, 0.3) is 0 Å². The van der Waals surface area contributed by atoms with E-state index in [0.29, 0.717) is 11.5 Å². The highest BCUT2D eigenvalue weighted by Crippen LogP contribution is 2.29. The Morgan fingerprint density at radius 1 is 0.920 bits per heavy atom. The number of para-hydroxylation sites is 1. The molecule has 0 unspecified atom stereocenters. The second kappa shape index (κ2) is 8.41. The Balaban J connectivity index is 2.27. The average molecular weight is 368 g/mol. The first kappa shape index (κ1) is 19.4. The summed E-state index contributed by atoms with van der Waals surface area (Å²) in [6, 6.07) is 14.7. The van der Waals surface area contributed by atoms with E-state index in [0.717, 1.165) is 0 Å². The number of benzene rings is 2. The maximum atomic E-state index is 12.8. The van der Waals surface area contributed by atoms with Crippen molar-refractivity contribution in [3.8, 4) is 11.5 Å². The molecule has 0 bridgehead atoms. The summed E-state index contributed by atoms with van der Waals surface area (Å²) in [4.78, 5) is 9.00. The van der Waals surface area contributed by atoms with E-state index in [2.05, 4.69) is 9.78 Å². The minimum Gasteiger partial charge on any atom is -0.457 e. The van der Waals surface area contributed by atoms with E-state index < -0.39 is 34.4 Å². The monoisotopic (exact) mass is 368 g/mol. The van der Waals surface area contributed by atoms with E-state index >= 15 is 0 Å². The van der Waals surface area contributed by atoms with Crippen molar-refractivity contribution in [3.05, 3.63) is 54.6 Å². The van der Waals surface area contributed by atoms with Gasteiger partial charge in [-0.1, -0.05) is 18.2 Å². The second-order valence-electron chi connectivity index (χ2n) is 5.32. The molecule has 0 aliphatic rings. The smallest absolute Gasteiger partial charge is 0.191 e. The molecule has 2 aromatic rings. The van der Waals surface area contributed by atoms with Gasteiger partial charge < -0.3 is 14.9 Å². The van der Waals surface area contributed by atoms with Crippen LogP contribution in [0, 0.1) is 0 Å². The number of rotatable bonds is 9. The minimum atomic E-state index is -4.09. The lowest BCUT2D eigenvalue weighted by atomic mass is 10.2. The molecule has 0 heterocycles. The molecule has 8 heteroatoms. The van der Waals surface area contributed by atoms with Crippen molar-refractivity contribution in [2.75, 3.05) is 26.9 Å². The Morgan fingerprint density at radius 3 is 2.00 bits per heavy atom. The third-order valence-electron chi connectivity index (χ3n) is 3.70. The zero-order chi connectivity index (χ0) is 18.3. The lowest BCUT2D eigenvalue weighted by molar-refractivity contribution is -0.279. The van der Waals surface area contributed by atoms with E-state index in [1.54, 1.807) is 12.1 Å². The molecule has 0 atom stereocenters. The minimum absolute atomic E-state index is 0.0734. The molecule has 0 aliphatic carbocycles. The molecule has 7 nitrogen and oxygen atoms in total. The number of hydrogen-bond donors (Lipinski definition) is 2. The molecule has 0 aliphatic heterocycles. The van der Waals surface area contributed by atoms with Crippen molar-refractivity contribution in [1.29, 1.82) is 0 Å². The van der Waals surface area contributed by atoms with Crippen LogP contribution in [0.15, 0.2) is 59.5 Å². The SMILES string of the molecule is COOCC(CO)(CO)S(=O)(=O)c1ccc(Oc2ccccc2)cc1. The maximum Gasteiger partial charge on any atom is 0.191 e. The molecule has 0 saturated carbocycles. The summed E-state index contributed by atoms with van der Waals surface area (Å²) in [7, 11) is -2.88. The van der Waals surface area contributed by atoms with E-state index in [-0.39, 0.29) is 4.90 Å². The van der Waals surface area contributed by atoms with Gasteiger partial charge in [0.15, 0.2) is 9.84 Å². The van der Waals surface area contributed by atoms with E-state index in [1.165, 1.54) is 31.4 Å². The van der Waals surface area contributed by atoms with Gasteiger partial charge in [0.05, 0.1) is 25.2 Å². The molecule has 0 aromatic heterocycles. The van der Waals surface area contributed by atoms with E-state index in [9.17, 15) is 18.6 Å². The van der Waals surface area contributed by atoms with Crippen LogP contribution in [-0.4, -0.2) is 50.3 Å². The fourth-order valence-electron chi connectivity index (χ4n) is 2.12. The molecular formula is C17H20O7S. The molecule has 2 N–H and O–H groups in total. The van der Waals surface area contributed by atoms with Gasteiger partial charge in [0, 0.05) is 0 Å². The predicted octanol–water partition coefficient (Wildman–Crippen LogP) is 1.55. The first-order valence-corrected chi connectivity index (χ1v) is 8.92. The summed E-state index contributed by atoms with van der Waals surface area (Å²) >= 11 is 0. The summed E-state index contributed by atoms with van der Waals surface area (Å²) in [6.07, 6.45) is 0. The van der Waals surface area contributed by atoms with Gasteiger partial charge in [-0.05, 0) is 36.4 Å². The van der Waals surface area contributed by atoms with Gasteiger partial charge in [-0.15, -0.1) is 0 Å². The Labute approximate surface area is 146 Å². The van der Waals surface area contributed by atoms with Crippen LogP contribution >= 0.6 is 0 Å². The molecule has 25 heavy (non-hydrogen) atoms. The molecular weight excluding hydrogens is 348 g/mol. The molecule has 0 fully saturated rings. The van der Waals surface area contributed by atoms with Gasteiger partial charge in [0.25, 0.3) is 0 Å². The summed E-state index contributed by atoms with van der Waals surface area (Å²) in [6.45, 7) is -2.16. The Bertz CT molecular complexity index is 753. The van der Waals surface area contributed by atoms with Gasteiger partial charge in [-0.3, -0.25) is 0 Å². The molecule has 136 valence electrons. The number of sulfone groups is 1. The molecule has 0 amide bonds. The van der Waals surface area contributed by atoms with E-state index in [1.807, 2.05) is 18.2 Å². The van der Waals surface area contributed by atoms with Gasteiger partial charge in [-0.25, -0.2) is 18.2 Å². The highest BCUT2D eigenvalue weighted by atomic mass is 32.2. The van der Waals surface area contributed by atoms with Crippen LogP contribution in [0.4, 0.5) is 0 Å². The van der Waals surface area contributed by atoms with Crippen molar-refractivity contribution in [2.45, 2.75) is 9.64 Å². The van der Waals surface area contributed by atoms with Crippen molar-refractivity contribution in [3.63, 3.8) is 0 Å². The van der Waals surface area contributed by atoms with Gasteiger partial charge >= 0.3 is 0 Å². The standard InChI is InChI=1S/C17H20O7S/c1-22-23-13-17(11-18,12-19)25(20,21)16-9-7-15(8-10-16)24-14-5-3-2-4-6-14/h2-10,18-19H,11-13H2,1H3. The van der Waals surface area contributed by atoms with Crippen LogP contribution in [0.5, 0.6) is 11.5 Å². The third-order valence-corrected chi connectivity index (χ3v) is 6.11. The van der Waals surface area contributed by atoms with Crippen molar-refractivity contribution >= 4 is 9.84 Å². The number of aliphatic hydroxyl groups excluding tert-OH is 2. The van der Waals surface area contributed by atoms with Crippen molar-refractivity contribution < 1.29 is 33.1 Å². The highest BCUT2D eigenvalue weighted by molar-refractivity contribution is 7.93. The zero-order valence-corrected chi connectivity index (χ0v) is 14.5.